The van der Waals surface area contributed by atoms with Crippen LogP contribution in [0.25, 0.3) is 0 Å². The van der Waals surface area contributed by atoms with E-state index in [4.69, 9.17) is 5.73 Å². The molecule has 1 saturated heterocycles. The van der Waals surface area contributed by atoms with Crippen LogP contribution in [0.5, 0.6) is 0 Å². The van der Waals surface area contributed by atoms with E-state index in [1.165, 1.54) is 16.8 Å². The summed E-state index contributed by atoms with van der Waals surface area (Å²) in [5, 5.41) is 0. The number of carbonyl (C=O) groups excluding carboxylic acids is 1. The van der Waals surface area contributed by atoms with E-state index in [0.717, 1.165) is 25.9 Å². The van der Waals surface area contributed by atoms with Crippen molar-refractivity contribution in [3.05, 3.63) is 28.7 Å². The molecule has 5 heteroatoms. The van der Waals surface area contributed by atoms with Crippen molar-refractivity contribution in [1.29, 1.82) is 0 Å². The Bertz CT molecular complexity index is 564. The number of hydrogen-bond donors (Lipinski definition) is 1. The predicted octanol–water partition coefficient (Wildman–Crippen LogP) is 1.72. The highest BCUT2D eigenvalue weighted by molar-refractivity contribution is 5.76. The highest BCUT2D eigenvalue weighted by atomic mass is 16.2. The Balaban J connectivity index is 1.97. The first-order valence-corrected chi connectivity index (χ1v) is 7.51. The standard InChI is InChI=1S/C16H25N3O2/c1-16(2,3)12-6-8-18(9-7-12)15(21)11-19-10-13(17)4-5-14(19)20/h4-5,10,12H,6-9,11,17H2,1-3H3. The average Bonchev–Trinajstić information content (AvgIpc) is 2.42. The molecule has 1 amide bonds. The first kappa shape index (κ1) is 15.6. The molecule has 0 unspecified atom stereocenters. The van der Waals surface area contributed by atoms with E-state index < -0.39 is 0 Å². The van der Waals surface area contributed by atoms with Gasteiger partial charge in [-0.1, -0.05) is 20.8 Å². The Morgan fingerprint density at radius 2 is 1.90 bits per heavy atom. The monoisotopic (exact) mass is 291 g/mol. The Labute approximate surface area is 125 Å². The topological polar surface area (TPSA) is 68.3 Å². The van der Waals surface area contributed by atoms with Gasteiger partial charge in [-0.2, -0.15) is 0 Å². The Morgan fingerprint density at radius 3 is 2.48 bits per heavy atom. The van der Waals surface area contributed by atoms with Crippen LogP contribution < -0.4 is 11.3 Å². The van der Waals surface area contributed by atoms with Crippen LogP contribution in [0, 0.1) is 11.3 Å². The SMILES string of the molecule is CC(C)(C)C1CCN(C(=O)Cn2cc(N)ccc2=O)CC1. The van der Waals surface area contributed by atoms with E-state index in [9.17, 15) is 9.59 Å². The van der Waals surface area contributed by atoms with Crippen molar-refractivity contribution in [3.63, 3.8) is 0 Å². The molecule has 2 rings (SSSR count). The van der Waals surface area contributed by atoms with Gasteiger partial charge in [0.2, 0.25) is 5.91 Å². The number of nitrogen functional groups attached to an aromatic ring is 1. The van der Waals surface area contributed by atoms with Gasteiger partial charge in [-0.15, -0.1) is 0 Å². The smallest absolute Gasteiger partial charge is 0.251 e. The highest BCUT2D eigenvalue weighted by Gasteiger charge is 2.30. The lowest BCUT2D eigenvalue weighted by Gasteiger charge is -2.38. The van der Waals surface area contributed by atoms with Crippen LogP contribution in [0.2, 0.25) is 0 Å². The fraction of sp³-hybridized carbons (Fsp3) is 0.625. The second kappa shape index (κ2) is 5.92. The minimum Gasteiger partial charge on any atom is -0.398 e. The minimum atomic E-state index is -0.192. The molecule has 21 heavy (non-hydrogen) atoms. The third kappa shape index (κ3) is 3.86. The molecule has 116 valence electrons. The summed E-state index contributed by atoms with van der Waals surface area (Å²) in [5.41, 5.74) is 6.26. The Kier molecular flexibility index (Phi) is 4.40. The molecule has 0 radical (unpaired) electrons. The van der Waals surface area contributed by atoms with Crippen molar-refractivity contribution in [2.75, 3.05) is 18.8 Å². The second-order valence-electron chi connectivity index (χ2n) is 6.95. The van der Waals surface area contributed by atoms with Gasteiger partial charge in [0, 0.05) is 31.0 Å². The summed E-state index contributed by atoms with van der Waals surface area (Å²) in [5.74, 6) is 0.645. The van der Waals surface area contributed by atoms with Gasteiger partial charge in [-0.25, -0.2) is 0 Å². The summed E-state index contributed by atoms with van der Waals surface area (Å²) in [7, 11) is 0. The molecule has 1 fully saturated rings. The predicted molar refractivity (Wildman–Crippen MR) is 83.9 cm³/mol. The molecule has 1 aliphatic rings. The first-order chi connectivity index (χ1) is 9.77. The normalized spacial score (nSPS) is 17.0. The van der Waals surface area contributed by atoms with Crippen LogP contribution in [0.3, 0.4) is 0 Å². The van der Waals surface area contributed by atoms with E-state index in [1.54, 1.807) is 6.07 Å². The zero-order valence-electron chi connectivity index (χ0n) is 13.1. The largest absolute Gasteiger partial charge is 0.398 e. The van der Waals surface area contributed by atoms with Gasteiger partial charge in [0.05, 0.1) is 0 Å². The lowest BCUT2D eigenvalue weighted by atomic mass is 9.75. The fourth-order valence-corrected chi connectivity index (χ4v) is 2.91. The first-order valence-electron chi connectivity index (χ1n) is 7.51. The molecular formula is C16H25N3O2. The van der Waals surface area contributed by atoms with Crippen LogP contribution in [-0.4, -0.2) is 28.5 Å². The zero-order valence-corrected chi connectivity index (χ0v) is 13.1. The summed E-state index contributed by atoms with van der Waals surface area (Å²) in [6.07, 6.45) is 3.59. The number of likely N-dealkylation sites (tertiary alicyclic amines) is 1. The van der Waals surface area contributed by atoms with E-state index >= 15 is 0 Å². The highest BCUT2D eigenvalue weighted by Crippen LogP contribution is 2.34. The number of aromatic nitrogens is 1. The minimum absolute atomic E-state index is 0.00457. The molecule has 0 saturated carbocycles. The summed E-state index contributed by atoms with van der Waals surface area (Å²) in [4.78, 5) is 25.9. The molecule has 2 heterocycles. The molecule has 0 spiro atoms. The lowest BCUT2D eigenvalue weighted by molar-refractivity contribution is -0.133. The molecule has 5 nitrogen and oxygen atoms in total. The number of carbonyl (C=O) groups is 1. The van der Waals surface area contributed by atoms with Crippen LogP contribution in [-0.2, 0) is 11.3 Å². The van der Waals surface area contributed by atoms with Crippen molar-refractivity contribution < 1.29 is 4.79 Å². The quantitative estimate of drug-likeness (QED) is 0.902. The molecule has 1 aliphatic heterocycles. The number of hydrogen-bond acceptors (Lipinski definition) is 3. The summed E-state index contributed by atoms with van der Waals surface area (Å²) in [6, 6.07) is 2.95. The van der Waals surface area contributed by atoms with Crippen LogP contribution in [0.15, 0.2) is 23.1 Å². The maximum absolute atomic E-state index is 12.3. The van der Waals surface area contributed by atoms with E-state index in [2.05, 4.69) is 20.8 Å². The van der Waals surface area contributed by atoms with Crippen molar-refractivity contribution in [2.45, 2.75) is 40.2 Å². The number of amides is 1. The number of piperidine rings is 1. The molecule has 2 N–H and O–H groups in total. The number of nitrogens with two attached hydrogens (primary N) is 1. The van der Waals surface area contributed by atoms with Gasteiger partial charge < -0.3 is 15.2 Å². The third-order valence-corrected chi connectivity index (χ3v) is 4.38. The fourth-order valence-electron chi connectivity index (χ4n) is 2.91. The van der Waals surface area contributed by atoms with Crippen molar-refractivity contribution >= 4 is 11.6 Å². The maximum atomic E-state index is 12.3. The molecular weight excluding hydrogens is 266 g/mol. The average molecular weight is 291 g/mol. The van der Waals surface area contributed by atoms with Crippen LogP contribution in [0.1, 0.15) is 33.6 Å². The molecule has 0 aromatic carbocycles. The van der Waals surface area contributed by atoms with Gasteiger partial charge >= 0.3 is 0 Å². The van der Waals surface area contributed by atoms with Crippen molar-refractivity contribution in [2.24, 2.45) is 11.3 Å². The second-order valence-corrected chi connectivity index (χ2v) is 6.95. The van der Waals surface area contributed by atoms with Crippen molar-refractivity contribution in [1.82, 2.24) is 9.47 Å². The summed E-state index contributed by atoms with van der Waals surface area (Å²) in [6.45, 7) is 8.38. The number of nitrogens with zero attached hydrogens (tertiary/aromatic N) is 2. The summed E-state index contributed by atoms with van der Waals surface area (Å²) >= 11 is 0. The Hall–Kier alpha value is -1.78. The molecule has 1 aromatic heterocycles. The number of anilines is 1. The van der Waals surface area contributed by atoms with Gasteiger partial charge in [-0.3, -0.25) is 9.59 Å². The number of rotatable bonds is 2. The molecule has 0 aliphatic carbocycles. The van der Waals surface area contributed by atoms with Gasteiger partial charge in [0.25, 0.3) is 5.56 Å². The third-order valence-electron chi connectivity index (χ3n) is 4.38. The van der Waals surface area contributed by atoms with Gasteiger partial charge in [0.15, 0.2) is 0 Å². The molecule has 0 bridgehead atoms. The van der Waals surface area contributed by atoms with Crippen LogP contribution >= 0.6 is 0 Å². The van der Waals surface area contributed by atoms with E-state index in [0.29, 0.717) is 17.0 Å². The lowest BCUT2D eigenvalue weighted by Crippen LogP contribution is -2.43. The van der Waals surface area contributed by atoms with Crippen LogP contribution in [0.4, 0.5) is 5.69 Å². The van der Waals surface area contributed by atoms with Crippen molar-refractivity contribution in [3.8, 4) is 0 Å². The van der Waals surface area contributed by atoms with Gasteiger partial charge in [0.1, 0.15) is 6.54 Å². The Morgan fingerprint density at radius 1 is 1.29 bits per heavy atom. The van der Waals surface area contributed by atoms with E-state index in [-0.39, 0.29) is 18.0 Å². The molecule has 1 aromatic rings. The maximum Gasteiger partial charge on any atom is 0.251 e. The zero-order chi connectivity index (χ0) is 15.6. The number of pyridine rings is 1. The van der Waals surface area contributed by atoms with E-state index in [1.807, 2.05) is 4.90 Å². The molecule has 0 atom stereocenters. The van der Waals surface area contributed by atoms with Gasteiger partial charge in [-0.05, 0) is 30.2 Å². The summed E-state index contributed by atoms with van der Waals surface area (Å²) < 4.78 is 1.38.